The lowest BCUT2D eigenvalue weighted by atomic mass is 10.3. The van der Waals surface area contributed by atoms with Gasteiger partial charge in [-0.1, -0.05) is 11.6 Å². The van der Waals surface area contributed by atoms with Crippen molar-refractivity contribution in [2.24, 2.45) is 0 Å². The molecule has 2 aromatic rings. The van der Waals surface area contributed by atoms with Crippen LogP contribution in [0.5, 0.6) is 0 Å². The Morgan fingerprint density at radius 1 is 1.33 bits per heavy atom. The summed E-state index contributed by atoms with van der Waals surface area (Å²) in [5.74, 6) is -0.151. The molecule has 92 valence electrons. The smallest absolute Gasteiger partial charge is 0.259 e. The van der Waals surface area contributed by atoms with Gasteiger partial charge in [-0.15, -0.1) is 0 Å². The molecular formula is C10H5BrCl2N4O. The Balaban J connectivity index is 2.24. The van der Waals surface area contributed by atoms with E-state index in [2.05, 4.69) is 36.2 Å². The van der Waals surface area contributed by atoms with Crippen LogP contribution in [-0.2, 0) is 0 Å². The van der Waals surface area contributed by atoms with Crippen LogP contribution in [0, 0.1) is 0 Å². The summed E-state index contributed by atoms with van der Waals surface area (Å²) < 4.78 is 0.439. The van der Waals surface area contributed by atoms with Gasteiger partial charge in [-0.25, -0.2) is 15.0 Å². The Hall–Kier alpha value is -1.24. The van der Waals surface area contributed by atoms with Gasteiger partial charge in [0.05, 0.1) is 5.56 Å². The largest absolute Gasteiger partial charge is 0.306 e. The molecule has 2 rings (SSSR count). The number of pyridine rings is 1. The van der Waals surface area contributed by atoms with Gasteiger partial charge < -0.3 is 5.32 Å². The summed E-state index contributed by atoms with van der Waals surface area (Å²) in [5, 5.41) is 2.66. The maximum atomic E-state index is 11.9. The van der Waals surface area contributed by atoms with E-state index in [9.17, 15) is 4.79 Å². The minimum atomic E-state index is -0.374. The molecule has 1 amide bonds. The summed E-state index contributed by atoms with van der Waals surface area (Å²) in [6.07, 6.45) is 1.57. The predicted molar refractivity (Wildman–Crippen MR) is 71.9 cm³/mol. The van der Waals surface area contributed by atoms with Gasteiger partial charge in [0.25, 0.3) is 5.91 Å². The molecule has 0 unspecified atom stereocenters. The van der Waals surface area contributed by atoms with Gasteiger partial charge in [-0.2, -0.15) is 0 Å². The molecule has 5 nitrogen and oxygen atoms in total. The topological polar surface area (TPSA) is 67.8 Å². The van der Waals surface area contributed by atoms with E-state index >= 15 is 0 Å². The van der Waals surface area contributed by atoms with E-state index < -0.39 is 0 Å². The zero-order valence-corrected chi connectivity index (χ0v) is 11.8. The maximum absolute atomic E-state index is 11.9. The van der Waals surface area contributed by atoms with Gasteiger partial charge in [0.1, 0.15) is 15.6 Å². The molecule has 0 aliphatic heterocycles. The first-order valence-corrected chi connectivity index (χ1v) is 6.23. The van der Waals surface area contributed by atoms with Crippen LogP contribution in [-0.4, -0.2) is 20.9 Å². The van der Waals surface area contributed by atoms with Crippen LogP contribution < -0.4 is 5.32 Å². The molecule has 0 spiro atoms. The highest BCUT2D eigenvalue weighted by Gasteiger charge is 2.12. The van der Waals surface area contributed by atoms with E-state index in [0.717, 1.165) is 0 Å². The molecule has 2 aromatic heterocycles. The monoisotopic (exact) mass is 346 g/mol. The van der Waals surface area contributed by atoms with Crippen molar-refractivity contribution in [2.45, 2.75) is 0 Å². The first-order chi connectivity index (χ1) is 8.56. The van der Waals surface area contributed by atoms with Crippen molar-refractivity contribution in [3.05, 3.63) is 45.0 Å². The number of halogens is 3. The van der Waals surface area contributed by atoms with Gasteiger partial charge in [0.2, 0.25) is 5.28 Å². The van der Waals surface area contributed by atoms with Crippen LogP contribution in [0.3, 0.4) is 0 Å². The second kappa shape index (κ2) is 5.60. The number of carbonyl (C=O) groups is 1. The fraction of sp³-hybridized carbons (Fsp3) is 0. The maximum Gasteiger partial charge on any atom is 0.259 e. The average Bonchev–Trinajstić information content (AvgIpc) is 2.27. The van der Waals surface area contributed by atoms with Crippen LogP contribution in [0.15, 0.2) is 29.0 Å². The third kappa shape index (κ3) is 3.16. The van der Waals surface area contributed by atoms with E-state index in [-0.39, 0.29) is 22.2 Å². The quantitative estimate of drug-likeness (QED) is 0.514. The molecule has 0 radical (unpaired) electrons. The molecule has 1 N–H and O–H groups in total. The summed E-state index contributed by atoms with van der Waals surface area (Å²) in [6.45, 7) is 0. The van der Waals surface area contributed by atoms with Gasteiger partial charge >= 0.3 is 0 Å². The predicted octanol–water partition coefficient (Wildman–Crippen LogP) is 3.19. The summed E-state index contributed by atoms with van der Waals surface area (Å²) in [4.78, 5) is 23.4. The summed E-state index contributed by atoms with van der Waals surface area (Å²) >= 11 is 14.5. The molecule has 0 saturated carbocycles. The highest BCUT2D eigenvalue weighted by atomic mass is 79.9. The molecule has 18 heavy (non-hydrogen) atoms. The highest BCUT2D eigenvalue weighted by Crippen LogP contribution is 2.17. The molecule has 2 heterocycles. The Bertz CT molecular complexity index is 588. The number of hydrogen-bond donors (Lipinski definition) is 1. The van der Waals surface area contributed by atoms with E-state index in [1.54, 1.807) is 18.3 Å². The van der Waals surface area contributed by atoms with E-state index in [0.29, 0.717) is 10.2 Å². The fourth-order valence-corrected chi connectivity index (χ4v) is 2.03. The van der Waals surface area contributed by atoms with Crippen molar-refractivity contribution in [1.29, 1.82) is 0 Å². The number of hydrogen-bond acceptors (Lipinski definition) is 4. The van der Waals surface area contributed by atoms with E-state index in [4.69, 9.17) is 23.2 Å². The second-order valence-electron chi connectivity index (χ2n) is 3.14. The second-order valence-corrected chi connectivity index (χ2v) is 4.62. The lowest BCUT2D eigenvalue weighted by Gasteiger charge is -2.05. The van der Waals surface area contributed by atoms with E-state index in [1.165, 1.54) is 6.07 Å². The summed E-state index contributed by atoms with van der Waals surface area (Å²) in [7, 11) is 0. The summed E-state index contributed by atoms with van der Waals surface area (Å²) in [6, 6.07) is 4.67. The molecule has 0 atom stereocenters. The Morgan fingerprint density at radius 2 is 2.11 bits per heavy atom. The first-order valence-electron chi connectivity index (χ1n) is 4.68. The highest BCUT2D eigenvalue weighted by molar-refractivity contribution is 9.10. The third-order valence-corrected chi connectivity index (χ3v) is 2.91. The number of nitrogens with one attached hydrogen (secondary N) is 1. The van der Waals surface area contributed by atoms with E-state index in [1.807, 2.05) is 0 Å². The molecule has 0 saturated heterocycles. The van der Waals surface area contributed by atoms with Crippen molar-refractivity contribution in [3.63, 3.8) is 0 Å². The Kier molecular flexibility index (Phi) is 4.11. The SMILES string of the molecule is O=C(Nc1cc(Cl)nc(Cl)n1)c1cccnc1Br. The average molecular weight is 348 g/mol. The lowest BCUT2D eigenvalue weighted by molar-refractivity contribution is 0.102. The molecule has 0 bridgehead atoms. The molecule has 8 heteroatoms. The van der Waals surface area contributed by atoms with Crippen LogP contribution >= 0.6 is 39.1 Å². The van der Waals surface area contributed by atoms with Crippen molar-refractivity contribution in [3.8, 4) is 0 Å². The molecule has 0 aromatic carbocycles. The normalized spacial score (nSPS) is 10.2. The molecule has 0 aliphatic carbocycles. The van der Waals surface area contributed by atoms with Crippen molar-refractivity contribution in [2.75, 3.05) is 5.32 Å². The van der Waals surface area contributed by atoms with Gasteiger partial charge in [0, 0.05) is 12.3 Å². The number of carbonyl (C=O) groups excluding carboxylic acids is 1. The van der Waals surface area contributed by atoms with Crippen LogP contribution in [0.2, 0.25) is 10.4 Å². The number of aromatic nitrogens is 3. The Morgan fingerprint density at radius 3 is 2.78 bits per heavy atom. The van der Waals surface area contributed by atoms with Crippen molar-refractivity contribution >= 4 is 50.9 Å². The number of nitrogens with zero attached hydrogens (tertiary/aromatic N) is 3. The number of amides is 1. The number of anilines is 1. The standard InChI is InChI=1S/C10H5BrCl2N4O/c11-8-5(2-1-3-14-8)9(18)16-7-4-6(12)15-10(13)17-7/h1-4H,(H,15,16,17,18). The number of rotatable bonds is 2. The van der Waals surface area contributed by atoms with Gasteiger partial charge in [-0.05, 0) is 39.7 Å². The Labute approximate surface area is 121 Å². The third-order valence-electron chi connectivity index (χ3n) is 1.91. The summed E-state index contributed by atoms with van der Waals surface area (Å²) in [5.41, 5.74) is 0.378. The van der Waals surface area contributed by atoms with Crippen molar-refractivity contribution < 1.29 is 4.79 Å². The molecule has 0 fully saturated rings. The zero-order valence-electron chi connectivity index (χ0n) is 8.69. The van der Waals surface area contributed by atoms with Crippen LogP contribution in [0.1, 0.15) is 10.4 Å². The van der Waals surface area contributed by atoms with Crippen molar-refractivity contribution in [1.82, 2.24) is 15.0 Å². The lowest BCUT2D eigenvalue weighted by Crippen LogP contribution is -2.14. The zero-order chi connectivity index (χ0) is 13.1. The minimum absolute atomic E-state index is 0.0388. The van der Waals surface area contributed by atoms with Crippen LogP contribution in [0.4, 0.5) is 5.82 Å². The first kappa shape index (κ1) is 13.2. The fourth-order valence-electron chi connectivity index (χ4n) is 1.19. The molecule has 0 aliphatic rings. The minimum Gasteiger partial charge on any atom is -0.306 e. The van der Waals surface area contributed by atoms with Gasteiger partial charge in [0.15, 0.2) is 0 Å². The van der Waals surface area contributed by atoms with Gasteiger partial charge in [-0.3, -0.25) is 4.79 Å². The molecular weight excluding hydrogens is 343 g/mol. The van der Waals surface area contributed by atoms with Crippen LogP contribution in [0.25, 0.3) is 0 Å².